The highest BCUT2D eigenvalue weighted by Crippen LogP contribution is 2.02. The first kappa shape index (κ1) is 13.4. The van der Waals surface area contributed by atoms with Crippen LogP contribution in [-0.2, 0) is 4.79 Å². The zero-order valence-corrected chi connectivity index (χ0v) is 10.9. The number of aromatic nitrogens is 2. The van der Waals surface area contributed by atoms with Gasteiger partial charge in [-0.3, -0.25) is 4.79 Å². The van der Waals surface area contributed by atoms with Gasteiger partial charge in [0.1, 0.15) is 0 Å². The molecule has 94 valence electrons. The molecule has 0 aromatic carbocycles. The highest BCUT2D eigenvalue weighted by atomic mass is 16.1. The van der Waals surface area contributed by atoms with E-state index in [1.54, 1.807) is 0 Å². The second-order valence-electron chi connectivity index (χ2n) is 4.53. The summed E-state index contributed by atoms with van der Waals surface area (Å²) in [4.78, 5) is 19.9. The molecule has 1 rings (SSSR count). The molecular weight excluding hydrogens is 216 g/mol. The molecule has 0 aliphatic heterocycles. The van der Waals surface area contributed by atoms with Gasteiger partial charge in [0, 0.05) is 17.9 Å². The van der Waals surface area contributed by atoms with Gasteiger partial charge in [0.05, 0.1) is 6.54 Å². The SMILES string of the molecule is Cc1cc(C)nc(NCC(=O)NCC(C)C)n1. The van der Waals surface area contributed by atoms with Crippen molar-refractivity contribution in [2.45, 2.75) is 27.7 Å². The smallest absolute Gasteiger partial charge is 0.239 e. The molecule has 2 N–H and O–H groups in total. The second kappa shape index (κ2) is 6.18. The summed E-state index contributed by atoms with van der Waals surface area (Å²) >= 11 is 0. The molecule has 0 aliphatic carbocycles. The van der Waals surface area contributed by atoms with Crippen LogP contribution in [0.15, 0.2) is 6.07 Å². The Morgan fingerprint density at radius 3 is 2.41 bits per heavy atom. The summed E-state index contributed by atoms with van der Waals surface area (Å²) in [6.45, 7) is 8.81. The van der Waals surface area contributed by atoms with Gasteiger partial charge in [-0.25, -0.2) is 9.97 Å². The van der Waals surface area contributed by atoms with Crippen molar-refractivity contribution in [3.05, 3.63) is 17.5 Å². The molecule has 0 saturated heterocycles. The highest BCUT2D eigenvalue weighted by Gasteiger charge is 2.04. The first-order valence-corrected chi connectivity index (χ1v) is 5.80. The van der Waals surface area contributed by atoms with Crippen LogP contribution in [0.2, 0.25) is 0 Å². The zero-order valence-electron chi connectivity index (χ0n) is 10.9. The summed E-state index contributed by atoms with van der Waals surface area (Å²) in [5.74, 6) is 0.917. The van der Waals surface area contributed by atoms with Crippen LogP contribution in [0.3, 0.4) is 0 Å². The topological polar surface area (TPSA) is 66.9 Å². The molecule has 0 radical (unpaired) electrons. The van der Waals surface area contributed by atoms with E-state index in [0.717, 1.165) is 11.4 Å². The second-order valence-corrected chi connectivity index (χ2v) is 4.53. The Morgan fingerprint density at radius 1 is 1.29 bits per heavy atom. The lowest BCUT2D eigenvalue weighted by Crippen LogP contribution is -2.32. The lowest BCUT2D eigenvalue weighted by atomic mass is 10.2. The maximum absolute atomic E-state index is 11.5. The molecule has 1 heterocycles. The van der Waals surface area contributed by atoms with Gasteiger partial charge in [0.2, 0.25) is 11.9 Å². The number of rotatable bonds is 5. The Kier molecular flexibility index (Phi) is 4.87. The lowest BCUT2D eigenvalue weighted by Gasteiger charge is -2.09. The first-order valence-electron chi connectivity index (χ1n) is 5.80. The summed E-state index contributed by atoms with van der Waals surface area (Å²) in [6.07, 6.45) is 0. The van der Waals surface area contributed by atoms with E-state index in [2.05, 4.69) is 34.4 Å². The van der Waals surface area contributed by atoms with Crippen molar-refractivity contribution in [1.82, 2.24) is 15.3 Å². The molecular formula is C12H20N4O. The average Bonchev–Trinajstić information content (AvgIpc) is 2.22. The van der Waals surface area contributed by atoms with Crippen molar-refractivity contribution in [3.63, 3.8) is 0 Å². The number of carbonyl (C=O) groups is 1. The molecule has 5 heteroatoms. The third-order valence-electron chi connectivity index (χ3n) is 2.10. The molecule has 0 fully saturated rings. The van der Waals surface area contributed by atoms with E-state index in [1.807, 2.05) is 19.9 Å². The minimum Gasteiger partial charge on any atom is -0.354 e. The van der Waals surface area contributed by atoms with Crippen LogP contribution in [-0.4, -0.2) is 29.0 Å². The fourth-order valence-electron chi connectivity index (χ4n) is 1.34. The van der Waals surface area contributed by atoms with Crippen LogP contribution in [0.5, 0.6) is 0 Å². The fourth-order valence-corrected chi connectivity index (χ4v) is 1.34. The number of anilines is 1. The minimum absolute atomic E-state index is 0.0403. The van der Waals surface area contributed by atoms with Crippen LogP contribution in [0.4, 0.5) is 5.95 Å². The zero-order chi connectivity index (χ0) is 12.8. The Labute approximate surface area is 102 Å². The number of hydrogen-bond acceptors (Lipinski definition) is 4. The average molecular weight is 236 g/mol. The van der Waals surface area contributed by atoms with Gasteiger partial charge in [0.15, 0.2) is 0 Å². The molecule has 5 nitrogen and oxygen atoms in total. The maximum atomic E-state index is 11.5. The molecule has 17 heavy (non-hydrogen) atoms. The predicted molar refractivity (Wildman–Crippen MR) is 67.8 cm³/mol. The third kappa shape index (κ3) is 5.29. The van der Waals surface area contributed by atoms with E-state index in [1.165, 1.54) is 0 Å². The van der Waals surface area contributed by atoms with Crippen LogP contribution in [0.1, 0.15) is 25.2 Å². The molecule has 0 saturated carbocycles. The van der Waals surface area contributed by atoms with Gasteiger partial charge in [-0.1, -0.05) is 13.8 Å². The maximum Gasteiger partial charge on any atom is 0.239 e. The minimum atomic E-state index is -0.0403. The molecule has 0 aliphatic rings. The molecule has 1 aromatic rings. The van der Waals surface area contributed by atoms with Crippen molar-refractivity contribution in [1.29, 1.82) is 0 Å². The number of carbonyl (C=O) groups excluding carboxylic acids is 1. The summed E-state index contributed by atoms with van der Waals surface area (Å²) in [5, 5.41) is 5.74. The quantitative estimate of drug-likeness (QED) is 0.808. The van der Waals surface area contributed by atoms with E-state index in [-0.39, 0.29) is 12.5 Å². The number of amides is 1. The summed E-state index contributed by atoms with van der Waals surface area (Å²) in [7, 11) is 0. The van der Waals surface area contributed by atoms with Crippen molar-refractivity contribution in [3.8, 4) is 0 Å². The lowest BCUT2D eigenvalue weighted by molar-refractivity contribution is -0.119. The van der Waals surface area contributed by atoms with Crippen LogP contribution in [0, 0.1) is 19.8 Å². The van der Waals surface area contributed by atoms with Crippen molar-refractivity contribution >= 4 is 11.9 Å². The third-order valence-corrected chi connectivity index (χ3v) is 2.10. The van der Waals surface area contributed by atoms with Crippen LogP contribution >= 0.6 is 0 Å². The fraction of sp³-hybridized carbons (Fsp3) is 0.583. The van der Waals surface area contributed by atoms with Gasteiger partial charge in [0.25, 0.3) is 0 Å². The van der Waals surface area contributed by atoms with Gasteiger partial charge in [-0.15, -0.1) is 0 Å². The highest BCUT2D eigenvalue weighted by molar-refractivity contribution is 5.80. The van der Waals surface area contributed by atoms with Crippen LogP contribution < -0.4 is 10.6 Å². The normalized spacial score (nSPS) is 10.4. The standard InChI is InChI=1S/C12H20N4O/c1-8(2)6-13-11(17)7-14-12-15-9(3)5-10(4)16-12/h5,8H,6-7H2,1-4H3,(H,13,17)(H,14,15,16). The number of hydrogen-bond donors (Lipinski definition) is 2. The van der Waals surface area contributed by atoms with E-state index < -0.39 is 0 Å². The first-order chi connectivity index (χ1) is 7.97. The number of nitrogens with zero attached hydrogens (tertiary/aromatic N) is 2. The largest absolute Gasteiger partial charge is 0.354 e. The molecule has 1 amide bonds. The summed E-state index contributed by atoms with van der Waals surface area (Å²) in [5.41, 5.74) is 1.78. The Morgan fingerprint density at radius 2 is 1.88 bits per heavy atom. The van der Waals surface area contributed by atoms with Gasteiger partial charge in [-0.05, 0) is 25.8 Å². The Hall–Kier alpha value is -1.65. The Bertz CT molecular complexity index is 370. The van der Waals surface area contributed by atoms with Crippen molar-refractivity contribution in [2.75, 3.05) is 18.4 Å². The summed E-state index contributed by atoms with van der Waals surface area (Å²) < 4.78 is 0. The predicted octanol–water partition coefficient (Wildman–Crippen LogP) is 1.28. The van der Waals surface area contributed by atoms with Crippen molar-refractivity contribution in [2.24, 2.45) is 5.92 Å². The van der Waals surface area contributed by atoms with E-state index in [4.69, 9.17) is 0 Å². The van der Waals surface area contributed by atoms with E-state index in [9.17, 15) is 4.79 Å². The Balaban J connectivity index is 2.42. The van der Waals surface area contributed by atoms with Gasteiger partial charge < -0.3 is 10.6 Å². The molecule has 0 atom stereocenters. The number of nitrogens with one attached hydrogen (secondary N) is 2. The van der Waals surface area contributed by atoms with Gasteiger partial charge >= 0.3 is 0 Å². The number of aryl methyl sites for hydroxylation is 2. The van der Waals surface area contributed by atoms with E-state index in [0.29, 0.717) is 18.4 Å². The van der Waals surface area contributed by atoms with Crippen LogP contribution in [0.25, 0.3) is 0 Å². The molecule has 0 bridgehead atoms. The molecule has 0 spiro atoms. The van der Waals surface area contributed by atoms with E-state index >= 15 is 0 Å². The van der Waals surface area contributed by atoms with Gasteiger partial charge in [-0.2, -0.15) is 0 Å². The monoisotopic (exact) mass is 236 g/mol. The molecule has 0 unspecified atom stereocenters. The van der Waals surface area contributed by atoms with Crippen molar-refractivity contribution < 1.29 is 4.79 Å². The summed E-state index contributed by atoms with van der Waals surface area (Å²) in [6, 6.07) is 1.89. The molecule has 1 aromatic heterocycles.